The van der Waals surface area contributed by atoms with Gasteiger partial charge < -0.3 is 13.9 Å². The minimum absolute atomic E-state index is 0.0346. The van der Waals surface area contributed by atoms with E-state index in [-0.39, 0.29) is 18.1 Å². The first-order valence-corrected chi connectivity index (χ1v) is 8.20. The number of hydrogen-bond acceptors (Lipinski definition) is 6. The van der Waals surface area contributed by atoms with Crippen molar-refractivity contribution < 1.29 is 23.5 Å². The molecule has 0 saturated carbocycles. The Hall–Kier alpha value is -2.00. The normalized spacial score (nSPS) is 12.7. The van der Waals surface area contributed by atoms with Gasteiger partial charge in [-0.3, -0.25) is 4.90 Å². The van der Waals surface area contributed by atoms with Crippen LogP contribution >= 0.6 is 24.2 Å². The highest BCUT2D eigenvalue weighted by molar-refractivity contribution is 7.81. The summed E-state index contributed by atoms with van der Waals surface area (Å²) >= 11 is 9.98. The van der Waals surface area contributed by atoms with Gasteiger partial charge in [0.2, 0.25) is 5.29 Å². The average molecular weight is 390 g/mol. The van der Waals surface area contributed by atoms with Crippen molar-refractivity contribution in [3.8, 4) is 0 Å². The zero-order valence-corrected chi connectivity index (χ0v) is 16.0. The molecule has 0 aliphatic heterocycles. The number of furan rings is 1. The molecule has 0 saturated heterocycles. The van der Waals surface area contributed by atoms with Gasteiger partial charge in [-0.2, -0.15) is 12.6 Å². The molecule has 0 N–H and O–H groups in total. The molecule has 1 rings (SSSR count). The Morgan fingerprint density at radius 1 is 1.36 bits per heavy atom. The van der Waals surface area contributed by atoms with Gasteiger partial charge in [-0.15, -0.1) is 4.99 Å². The maximum Gasteiger partial charge on any atom is 0.436 e. The largest absolute Gasteiger partial charge is 0.467 e. The predicted molar refractivity (Wildman–Crippen MR) is 97.5 cm³/mol. The zero-order valence-electron chi connectivity index (χ0n) is 14.4. The van der Waals surface area contributed by atoms with E-state index < -0.39 is 23.1 Å². The van der Waals surface area contributed by atoms with Gasteiger partial charge in [0.05, 0.1) is 19.9 Å². The second-order valence-corrected chi connectivity index (χ2v) is 6.34. The summed E-state index contributed by atoms with van der Waals surface area (Å²) in [6.07, 6.45) is -0.104. The summed E-state index contributed by atoms with van der Waals surface area (Å²) in [6.45, 7) is 5.25. The highest BCUT2D eigenvalue weighted by Gasteiger charge is 2.26. The number of hydrogen-bond donors (Lipinski definition) is 1. The first kappa shape index (κ1) is 21.0. The Labute approximate surface area is 156 Å². The molecule has 0 aliphatic rings. The van der Waals surface area contributed by atoms with E-state index in [9.17, 15) is 9.59 Å². The molecule has 0 atom stereocenters. The van der Waals surface area contributed by atoms with Crippen molar-refractivity contribution >= 4 is 47.5 Å². The van der Waals surface area contributed by atoms with E-state index >= 15 is 0 Å². The number of methoxy groups -OCH3 is 1. The van der Waals surface area contributed by atoms with Gasteiger partial charge in [0.15, 0.2) is 0 Å². The molecule has 1 aromatic heterocycles. The molecular weight excluding hydrogens is 370 g/mol. The number of amides is 2. The van der Waals surface area contributed by atoms with Crippen molar-refractivity contribution in [2.75, 3.05) is 12.9 Å². The number of ether oxygens (including phenoxy) is 2. The number of carbonyl (C=O) groups excluding carboxylic acids is 2. The van der Waals surface area contributed by atoms with Crippen LogP contribution in [0.15, 0.2) is 32.8 Å². The zero-order chi connectivity index (χ0) is 19.0. The molecule has 0 aromatic carbocycles. The standard InChI is InChI=1S/C15H20ClN3O5S/c1-15(2,3)24-14(21)19(8-10-6-5-7-23-10)11(9-25)17-12(16)18-13(20)22-4/h5-7,25H,8-9H2,1-4H3. The highest BCUT2D eigenvalue weighted by atomic mass is 35.5. The minimum Gasteiger partial charge on any atom is -0.467 e. The molecule has 10 heteroatoms. The molecule has 1 heterocycles. The number of halogens is 1. The van der Waals surface area contributed by atoms with E-state index in [1.54, 1.807) is 32.9 Å². The van der Waals surface area contributed by atoms with Gasteiger partial charge in [-0.25, -0.2) is 14.6 Å². The van der Waals surface area contributed by atoms with E-state index in [1.807, 2.05) is 0 Å². The van der Waals surface area contributed by atoms with Gasteiger partial charge >= 0.3 is 12.2 Å². The summed E-state index contributed by atoms with van der Waals surface area (Å²) in [4.78, 5) is 32.2. The number of aliphatic imine (C=N–C) groups is 2. The molecule has 138 valence electrons. The predicted octanol–water partition coefficient (Wildman–Crippen LogP) is 3.71. The average Bonchev–Trinajstić information content (AvgIpc) is 3.01. The maximum atomic E-state index is 12.5. The minimum atomic E-state index is -0.915. The van der Waals surface area contributed by atoms with Crippen molar-refractivity contribution in [1.29, 1.82) is 0 Å². The van der Waals surface area contributed by atoms with Crippen LogP contribution < -0.4 is 0 Å². The second-order valence-electron chi connectivity index (χ2n) is 5.68. The first-order valence-electron chi connectivity index (χ1n) is 7.19. The van der Waals surface area contributed by atoms with Crippen LogP contribution in [-0.2, 0) is 16.0 Å². The van der Waals surface area contributed by atoms with Crippen LogP contribution in [0.25, 0.3) is 0 Å². The molecule has 0 radical (unpaired) electrons. The van der Waals surface area contributed by atoms with E-state index in [0.717, 1.165) is 7.11 Å². The molecule has 1 aromatic rings. The van der Waals surface area contributed by atoms with E-state index in [2.05, 4.69) is 27.4 Å². The smallest absolute Gasteiger partial charge is 0.436 e. The Morgan fingerprint density at radius 2 is 2.04 bits per heavy atom. The van der Waals surface area contributed by atoms with Crippen LogP contribution in [-0.4, -0.2) is 46.7 Å². The van der Waals surface area contributed by atoms with Crippen molar-refractivity contribution in [2.24, 2.45) is 9.98 Å². The van der Waals surface area contributed by atoms with Gasteiger partial charge in [0, 0.05) is 5.75 Å². The summed E-state index contributed by atoms with van der Waals surface area (Å²) in [5, 5.41) is -0.399. The van der Waals surface area contributed by atoms with E-state index in [0.29, 0.717) is 5.76 Å². The number of nitrogens with zero attached hydrogens (tertiary/aromatic N) is 3. The van der Waals surface area contributed by atoms with Gasteiger partial charge in [-0.05, 0) is 44.5 Å². The van der Waals surface area contributed by atoms with E-state index in [4.69, 9.17) is 20.8 Å². The third-order valence-corrected chi connectivity index (χ3v) is 2.99. The Morgan fingerprint density at radius 3 is 2.52 bits per heavy atom. The Kier molecular flexibility index (Phi) is 7.98. The van der Waals surface area contributed by atoms with Gasteiger partial charge in [0.1, 0.15) is 17.2 Å². The molecule has 0 fully saturated rings. The monoisotopic (exact) mass is 389 g/mol. The van der Waals surface area contributed by atoms with Crippen LogP contribution in [0.3, 0.4) is 0 Å². The Balaban J connectivity index is 3.15. The lowest BCUT2D eigenvalue weighted by molar-refractivity contribution is 0.0350. The molecule has 2 amide bonds. The lowest BCUT2D eigenvalue weighted by atomic mass is 10.2. The highest BCUT2D eigenvalue weighted by Crippen LogP contribution is 2.15. The Bertz CT molecular complexity index is 653. The first-order chi connectivity index (χ1) is 11.7. The number of thiol groups is 1. The molecule has 25 heavy (non-hydrogen) atoms. The molecular formula is C15H20ClN3O5S. The van der Waals surface area contributed by atoms with Crippen molar-refractivity contribution in [3.63, 3.8) is 0 Å². The topological polar surface area (TPSA) is 93.7 Å². The maximum absolute atomic E-state index is 12.5. The third-order valence-electron chi connectivity index (χ3n) is 2.54. The lowest BCUT2D eigenvalue weighted by Gasteiger charge is -2.27. The molecule has 0 aliphatic carbocycles. The molecule has 0 bridgehead atoms. The summed E-state index contributed by atoms with van der Waals surface area (Å²) < 4.78 is 15.0. The van der Waals surface area contributed by atoms with Crippen LogP contribution in [0.2, 0.25) is 0 Å². The van der Waals surface area contributed by atoms with E-state index in [1.165, 1.54) is 11.2 Å². The lowest BCUT2D eigenvalue weighted by Crippen LogP contribution is -2.41. The van der Waals surface area contributed by atoms with Crippen LogP contribution in [0.4, 0.5) is 9.59 Å². The van der Waals surface area contributed by atoms with Crippen molar-refractivity contribution in [1.82, 2.24) is 4.90 Å². The SMILES string of the molecule is COC(=O)N=C(Cl)N=C(CS)N(Cc1ccco1)C(=O)OC(C)(C)C. The quantitative estimate of drug-likeness (QED) is 0.368. The second kappa shape index (κ2) is 9.47. The van der Waals surface area contributed by atoms with Crippen molar-refractivity contribution in [3.05, 3.63) is 24.2 Å². The van der Waals surface area contributed by atoms with Crippen molar-refractivity contribution in [2.45, 2.75) is 32.9 Å². The fourth-order valence-electron chi connectivity index (χ4n) is 1.57. The molecule has 0 spiro atoms. The van der Waals surface area contributed by atoms with Crippen LogP contribution in [0, 0.1) is 0 Å². The summed E-state index contributed by atoms with van der Waals surface area (Å²) in [5.74, 6) is 0.667. The fraction of sp³-hybridized carbons (Fsp3) is 0.467. The third kappa shape index (κ3) is 7.61. The molecule has 0 unspecified atom stereocenters. The summed E-state index contributed by atoms with van der Waals surface area (Å²) in [5.41, 5.74) is -0.718. The van der Waals surface area contributed by atoms with Gasteiger partial charge in [-0.1, -0.05) is 0 Å². The summed E-state index contributed by atoms with van der Waals surface area (Å²) in [7, 11) is 1.16. The van der Waals surface area contributed by atoms with Crippen LogP contribution in [0.1, 0.15) is 26.5 Å². The number of amidine groups is 2. The number of rotatable bonds is 3. The fourth-order valence-corrected chi connectivity index (χ4v) is 1.98. The van der Waals surface area contributed by atoms with Crippen LogP contribution in [0.5, 0.6) is 0 Å². The molecule has 8 nitrogen and oxygen atoms in total. The number of carbonyl (C=O) groups is 2. The summed E-state index contributed by atoms with van der Waals surface area (Å²) in [6, 6.07) is 3.38. The van der Waals surface area contributed by atoms with Gasteiger partial charge in [0.25, 0.3) is 0 Å².